The van der Waals surface area contributed by atoms with E-state index < -0.39 is 0 Å². The van der Waals surface area contributed by atoms with Crippen molar-refractivity contribution in [1.82, 2.24) is 15.4 Å². The highest BCUT2D eigenvalue weighted by Gasteiger charge is 2.10. The number of nitrogens with one attached hydrogen (secondary N) is 1. The maximum atomic E-state index is 3.95. The second kappa shape index (κ2) is 2.89. The summed E-state index contributed by atoms with van der Waals surface area (Å²) in [6.07, 6.45) is 1.73. The number of rotatable bonds is 1. The van der Waals surface area contributed by atoms with Gasteiger partial charge in [0, 0.05) is 0 Å². The van der Waals surface area contributed by atoms with Gasteiger partial charge in [-0.05, 0) is 26.0 Å². The molecule has 0 atom stereocenters. The van der Waals surface area contributed by atoms with Crippen LogP contribution < -0.4 is 0 Å². The van der Waals surface area contributed by atoms with Crippen molar-refractivity contribution in [2.45, 2.75) is 0 Å². The highest BCUT2D eigenvalue weighted by molar-refractivity contribution is 9.13. The van der Waals surface area contributed by atoms with Gasteiger partial charge in [0.15, 0.2) is 0 Å². The highest BCUT2D eigenvalue weighted by Crippen LogP contribution is 2.52. The third kappa shape index (κ3) is 1.18. The van der Waals surface area contributed by atoms with Gasteiger partial charge in [-0.15, -0.1) is 0 Å². The first-order chi connectivity index (χ1) is 4.97. The summed E-state index contributed by atoms with van der Waals surface area (Å²) in [4.78, 5) is 1.18. The predicted octanol–water partition coefficient (Wildman–Crippen LogP) is 2.15. The lowest BCUT2D eigenvalue weighted by atomic mass is 10.5. The minimum Gasteiger partial charge on any atom is -0.197 e. The van der Waals surface area contributed by atoms with Gasteiger partial charge in [0.05, 0.1) is 11.1 Å². The van der Waals surface area contributed by atoms with Crippen LogP contribution in [-0.2, 0) is 0 Å². The number of hydrogen-bond acceptors (Lipinski definition) is 5. The highest BCUT2D eigenvalue weighted by atomic mass is 33.5. The minimum atomic E-state index is 0.933. The molecule has 0 bridgehead atoms. The van der Waals surface area contributed by atoms with Crippen molar-refractivity contribution >= 4 is 36.3 Å². The third-order valence-corrected chi connectivity index (χ3v) is 4.71. The summed E-state index contributed by atoms with van der Waals surface area (Å²) in [5, 5.41) is 12.3. The van der Waals surface area contributed by atoms with E-state index in [1.807, 2.05) is 0 Å². The molecule has 1 N–H and O–H groups in total. The predicted molar refractivity (Wildman–Crippen MR) is 47.1 cm³/mol. The first-order valence-corrected chi connectivity index (χ1v) is 6.08. The Morgan fingerprint density at radius 2 is 2.50 bits per heavy atom. The Labute approximate surface area is 69.2 Å². The zero-order valence-corrected chi connectivity index (χ0v) is 7.22. The molecule has 0 amide bonds. The average molecular weight is 189 g/mol. The van der Waals surface area contributed by atoms with Gasteiger partial charge in [0.25, 0.3) is 0 Å². The Balaban J connectivity index is 2.28. The van der Waals surface area contributed by atoms with Gasteiger partial charge >= 0.3 is 0 Å². The topological polar surface area (TPSA) is 41.6 Å². The fourth-order valence-corrected chi connectivity index (χ4v) is 4.31. The van der Waals surface area contributed by atoms with Crippen LogP contribution in [-0.4, -0.2) is 15.4 Å². The van der Waals surface area contributed by atoms with Crippen LogP contribution in [0.4, 0.5) is 0 Å². The maximum absolute atomic E-state index is 3.95. The van der Waals surface area contributed by atoms with Gasteiger partial charge < -0.3 is 0 Å². The Bertz CT molecular complexity index is 242. The quantitative estimate of drug-likeness (QED) is 0.685. The van der Waals surface area contributed by atoms with Crippen LogP contribution in [0.5, 0.6) is 0 Å². The van der Waals surface area contributed by atoms with Gasteiger partial charge in [-0.1, -0.05) is 10.8 Å². The van der Waals surface area contributed by atoms with E-state index in [9.17, 15) is 0 Å². The molecule has 0 saturated heterocycles. The van der Waals surface area contributed by atoms with Crippen molar-refractivity contribution in [1.29, 1.82) is 0 Å². The zero-order chi connectivity index (χ0) is 6.81. The van der Waals surface area contributed by atoms with Crippen LogP contribution in [0.1, 0.15) is 5.69 Å². The molecular weight excluding hydrogens is 186 g/mol. The molecule has 0 aliphatic carbocycles. The Morgan fingerprint density at radius 3 is 3.10 bits per heavy atom. The smallest absolute Gasteiger partial charge is 0.120 e. The summed E-state index contributed by atoms with van der Waals surface area (Å²) in [7, 11) is 5.17. The molecule has 10 heavy (non-hydrogen) atoms. The number of hydrogen-bond donors (Lipinski definition) is 1. The lowest BCUT2D eigenvalue weighted by Crippen LogP contribution is -1.74. The Morgan fingerprint density at radius 1 is 1.50 bits per heavy atom. The van der Waals surface area contributed by atoms with Crippen molar-refractivity contribution in [3.8, 4) is 0 Å². The number of aromatic nitrogens is 3. The molecule has 0 unspecified atom stereocenters. The second-order valence-electron chi connectivity index (χ2n) is 1.58. The molecule has 1 aliphatic heterocycles. The monoisotopic (exact) mass is 189 g/mol. The van der Waals surface area contributed by atoms with Crippen LogP contribution in [0.15, 0.2) is 11.6 Å². The van der Waals surface area contributed by atoms with Crippen molar-refractivity contribution < 1.29 is 0 Å². The normalized spacial score (nSPS) is 17.4. The van der Waals surface area contributed by atoms with Crippen molar-refractivity contribution in [3.05, 3.63) is 17.3 Å². The van der Waals surface area contributed by atoms with Crippen LogP contribution in [0, 0.1) is 0 Å². The molecule has 3 nitrogen and oxygen atoms in total. The molecule has 2 rings (SSSR count). The summed E-state index contributed by atoms with van der Waals surface area (Å²) in [5.41, 5.74) is 0.933. The van der Waals surface area contributed by atoms with E-state index in [1.165, 1.54) is 4.91 Å². The molecule has 0 fully saturated rings. The number of H-pyrrole nitrogens is 1. The zero-order valence-electron chi connectivity index (χ0n) is 4.77. The summed E-state index contributed by atoms with van der Waals surface area (Å²) >= 11 is 0. The van der Waals surface area contributed by atoms with E-state index in [0.29, 0.717) is 0 Å². The Kier molecular flexibility index (Phi) is 1.92. The summed E-state index contributed by atoms with van der Waals surface area (Å²) < 4.78 is 0. The fraction of sp³-hybridized carbons (Fsp3) is 0. The van der Waals surface area contributed by atoms with Crippen LogP contribution in [0.25, 0.3) is 4.91 Å². The molecule has 6 heteroatoms. The molecule has 1 aromatic heterocycles. The van der Waals surface area contributed by atoms with Gasteiger partial charge in [-0.25, -0.2) is 0 Å². The molecule has 1 aromatic rings. The SMILES string of the molecule is C1=C(c2cn[nH]n2)SSS1. The van der Waals surface area contributed by atoms with E-state index in [2.05, 4.69) is 20.8 Å². The standard InChI is InChI=1S/C4H3N3S3/c1-3(6-7-5-1)4-2-8-10-9-4/h1-2H,(H,5,6,7). The van der Waals surface area contributed by atoms with Crippen LogP contribution in [0.2, 0.25) is 0 Å². The van der Waals surface area contributed by atoms with E-state index in [4.69, 9.17) is 0 Å². The number of nitrogens with zero attached hydrogens (tertiary/aromatic N) is 2. The molecular formula is C4H3N3S3. The van der Waals surface area contributed by atoms with Gasteiger partial charge in [-0.3, -0.25) is 0 Å². The molecule has 0 radical (unpaired) electrons. The van der Waals surface area contributed by atoms with Gasteiger partial charge in [0.1, 0.15) is 5.69 Å². The molecule has 52 valence electrons. The summed E-state index contributed by atoms with van der Waals surface area (Å²) in [6.45, 7) is 0. The largest absolute Gasteiger partial charge is 0.197 e. The summed E-state index contributed by atoms with van der Waals surface area (Å²) in [6, 6.07) is 0. The van der Waals surface area contributed by atoms with E-state index in [-0.39, 0.29) is 0 Å². The van der Waals surface area contributed by atoms with Gasteiger partial charge in [0.2, 0.25) is 0 Å². The molecule has 0 saturated carbocycles. The summed E-state index contributed by atoms with van der Waals surface area (Å²) in [5.74, 6) is 0. The van der Waals surface area contributed by atoms with Crippen molar-refractivity contribution in [2.24, 2.45) is 0 Å². The van der Waals surface area contributed by atoms with Crippen molar-refractivity contribution in [3.63, 3.8) is 0 Å². The third-order valence-electron chi connectivity index (χ3n) is 0.986. The minimum absolute atomic E-state index is 0.933. The first-order valence-electron chi connectivity index (χ1n) is 2.53. The fourth-order valence-electron chi connectivity index (χ4n) is 0.563. The van der Waals surface area contributed by atoms with Crippen molar-refractivity contribution in [2.75, 3.05) is 0 Å². The molecule has 0 aromatic carbocycles. The van der Waals surface area contributed by atoms with Gasteiger partial charge in [-0.2, -0.15) is 15.4 Å². The maximum Gasteiger partial charge on any atom is 0.120 e. The van der Waals surface area contributed by atoms with E-state index in [0.717, 1.165) is 5.69 Å². The van der Waals surface area contributed by atoms with Crippen LogP contribution in [0.3, 0.4) is 0 Å². The average Bonchev–Trinajstić information content (AvgIpc) is 2.59. The molecule has 1 aliphatic rings. The number of aromatic amines is 1. The van der Waals surface area contributed by atoms with Crippen LogP contribution >= 0.6 is 31.4 Å². The molecule has 0 spiro atoms. The Hall–Kier alpha value is -0.0700. The molecule has 2 heterocycles. The first kappa shape index (κ1) is 6.63. The lowest BCUT2D eigenvalue weighted by Gasteiger charge is -1.87. The van der Waals surface area contributed by atoms with E-state index in [1.54, 1.807) is 37.6 Å². The second-order valence-corrected chi connectivity index (χ2v) is 5.47. The lowest BCUT2D eigenvalue weighted by molar-refractivity contribution is 0.937. The van der Waals surface area contributed by atoms with E-state index >= 15 is 0 Å².